The highest BCUT2D eigenvalue weighted by Gasteiger charge is 2.72. The van der Waals surface area contributed by atoms with E-state index in [-0.39, 0.29) is 36.8 Å². The minimum atomic E-state index is -1.39. The molecule has 226 valence electrons. The SMILES string of the molecule is CCOc1ccc(N2CC=C[C@@H]3O[C@]45C=CCN(c6ccc(Cl)cc6)C(=O)C4N([C@@H](CO)C(C)C)C(=O)[C@@H]5[C@@H]3C2=O)cc1. The topological polar surface area (TPSA) is 99.6 Å². The zero-order valence-electron chi connectivity index (χ0n) is 24.4. The first kappa shape index (κ1) is 29.4. The molecule has 1 N–H and O–H groups in total. The molecule has 4 aliphatic rings. The molecule has 0 bridgehead atoms. The number of rotatable bonds is 7. The Morgan fingerprint density at radius 1 is 0.953 bits per heavy atom. The third-order valence-electron chi connectivity index (χ3n) is 9.01. The lowest BCUT2D eigenvalue weighted by Gasteiger charge is -2.39. The number of carbonyl (C=O) groups excluding carboxylic acids is 3. The van der Waals surface area contributed by atoms with Crippen molar-refractivity contribution in [1.29, 1.82) is 0 Å². The third-order valence-corrected chi connectivity index (χ3v) is 9.26. The largest absolute Gasteiger partial charge is 0.494 e. The molecule has 2 aromatic carbocycles. The average Bonchev–Trinajstić information content (AvgIpc) is 3.30. The minimum Gasteiger partial charge on any atom is -0.494 e. The Morgan fingerprint density at radius 3 is 2.21 bits per heavy atom. The first-order valence-electron chi connectivity index (χ1n) is 14.8. The maximum absolute atomic E-state index is 14.6. The lowest BCUT2D eigenvalue weighted by molar-refractivity contribution is -0.145. The Hall–Kier alpha value is -3.66. The smallest absolute Gasteiger partial charge is 0.253 e. The number of hydrogen-bond acceptors (Lipinski definition) is 6. The molecule has 6 rings (SSSR count). The Bertz CT molecular complexity index is 1460. The molecule has 2 aromatic rings. The number of aliphatic hydroxyl groups excluding tert-OH is 1. The van der Waals surface area contributed by atoms with Crippen molar-refractivity contribution in [2.45, 2.75) is 44.6 Å². The number of carbonyl (C=O) groups is 3. The number of hydrogen-bond donors (Lipinski definition) is 1. The van der Waals surface area contributed by atoms with Crippen molar-refractivity contribution in [3.8, 4) is 5.75 Å². The van der Waals surface area contributed by atoms with E-state index in [1.54, 1.807) is 40.1 Å². The van der Waals surface area contributed by atoms with E-state index in [2.05, 4.69) is 0 Å². The third kappa shape index (κ3) is 4.74. The van der Waals surface area contributed by atoms with E-state index in [4.69, 9.17) is 21.1 Å². The Balaban J connectivity index is 1.43. The summed E-state index contributed by atoms with van der Waals surface area (Å²) < 4.78 is 12.3. The first-order chi connectivity index (χ1) is 20.7. The number of fused-ring (bicyclic) bond motifs is 2. The van der Waals surface area contributed by atoms with Crippen LogP contribution in [-0.4, -0.2) is 77.8 Å². The lowest BCUT2D eigenvalue weighted by Crippen LogP contribution is -2.59. The molecule has 10 heteroatoms. The van der Waals surface area contributed by atoms with Gasteiger partial charge in [0.1, 0.15) is 17.4 Å². The lowest BCUT2D eigenvalue weighted by atomic mass is 9.77. The van der Waals surface area contributed by atoms with Crippen LogP contribution in [0.3, 0.4) is 0 Å². The van der Waals surface area contributed by atoms with Gasteiger partial charge in [-0.05, 0) is 61.4 Å². The number of halogens is 1. The molecule has 4 heterocycles. The van der Waals surface area contributed by atoms with Crippen molar-refractivity contribution >= 4 is 40.7 Å². The van der Waals surface area contributed by atoms with E-state index in [1.807, 2.05) is 63.3 Å². The summed E-state index contributed by atoms with van der Waals surface area (Å²) in [5.41, 5.74) is -0.0910. The summed E-state index contributed by atoms with van der Waals surface area (Å²) in [5.74, 6) is -2.23. The van der Waals surface area contributed by atoms with Crippen molar-refractivity contribution in [2.24, 2.45) is 17.8 Å². The average molecular weight is 606 g/mol. The number of aliphatic hydroxyl groups is 1. The molecule has 0 radical (unpaired) electrons. The van der Waals surface area contributed by atoms with Gasteiger partial charge in [-0.1, -0.05) is 49.8 Å². The van der Waals surface area contributed by atoms with Crippen molar-refractivity contribution < 1.29 is 29.0 Å². The number of likely N-dealkylation sites (tertiary alicyclic amines) is 1. The van der Waals surface area contributed by atoms with Gasteiger partial charge >= 0.3 is 0 Å². The van der Waals surface area contributed by atoms with Gasteiger partial charge in [-0.2, -0.15) is 0 Å². The molecule has 9 nitrogen and oxygen atoms in total. The number of nitrogens with zero attached hydrogens (tertiary/aromatic N) is 3. The second kappa shape index (κ2) is 11.4. The second-order valence-corrected chi connectivity index (χ2v) is 12.1. The van der Waals surface area contributed by atoms with E-state index in [0.717, 1.165) is 0 Å². The van der Waals surface area contributed by atoms with Crippen LogP contribution in [0.1, 0.15) is 20.8 Å². The molecule has 6 atom stereocenters. The van der Waals surface area contributed by atoms with Crippen LogP contribution < -0.4 is 14.5 Å². The normalized spacial score (nSPS) is 29.0. The van der Waals surface area contributed by atoms with Crippen molar-refractivity contribution in [3.05, 3.63) is 77.9 Å². The van der Waals surface area contributed by atoms with Crippen LogP contribution in [0.25, 0.3) is 0 Å². The molecule has 0 saturated carbocycles. The minimum absolute atomic E-state index is 0.158. The van der Waals surface area contributed by atoms with Crippen LogP contribution in [0, 0.1) is 17.8 Å². The summed E-state index contributed by atoms with van der Waals surface area (Å²) in [7, 11) is 0. The quantitative estimate of drug-likeness (QED) is 0.482. The summed E-state index contributed by atoms with van der Waals surface area (Å²) >= 11 is 6.13. The van der Waals surface area contributed by atoms with E-state index in [0.29, 0.717) is 35.3 Å². The van der Waals surface area contributed by atoms with Gasteiger partial charge < -0.3 is 29.3 Å². The fraction of sp³-hybridized carbons (Fsp3) is 0.424. The molecule has 2 saturated heterocycles. The second-order valence-electron chi connectivity index (χ2n) is 11.7. The first-order valence-corrected chi connectivity index (χ1v) is 15.2. The fourth-order valence-electron chi connectivity index (χ4n) is 7.03. The van der Waals surface area contributed by atoms with Crippen LogP contribution in [0.2, 0.25) is 5.02 Å². The van der Waals surface area contributed by atoms with Crippen LogP contribution in [0.5, 0.6) is 5.75 Å². The highest BCUT2D eigenvalue weighted by Crippen LogP contribution is 2.54. The summed E-state index contributed by atoms with van der Waals surface area (Å²) in [6.45, 7) is 6.47. The summed E-state index contributed by atoms with van der Waals surface area (Å²) in [6, 6.07) is 12.5. The monoisotopic (exact) mass is 605 g/mol. The van der Waals surface area contributed by atoms with Crippen LogP contribution in [-0.2, 0) is 19.1 Å². The van der Waals surface area contributed by atoms with E-state index >= 15 is 0 Å². The fourth-order valence-corrected chi connectivity index (χ4v) is 7.15. The van der Waals surface area contributed by atoms with Gasteiger partial charge in [0.25, 0.3) is 5.91 Å². The Morgan fingerprint density at radius 2 is 1.58 bits per heavy atom. The number of amides is 3. The summed E-state index contributed by atoms with van der Waals surface area (Å²) in [5, 5.41) is 11.0. The van der Waals surface area contributed by atoms with Gasteiger partial charge in [0, 0.05) is 29.5 Å². The molecular weight excluding hydrogens is 570 g/mol. The molecule has 1 spiro atoms. The molecule has 1 unspecified atom stereocenters. The van der Waals surface area contributed by atoms with Crippen molar-refractivity contribution in [3.63, 3.8) is 0 Å². The van der Waals surface area contributed by atoms with Crippen LogP contribution in [0.15, 0.2) is 72.8 Å². The van der Waals surface area contributed by atoms with Crippen molar-refractivity contribution in [2.75, 3.05) is 36.1 Å². The Labute approximate surface area is 256 Å². The predicted octanol–water partition coefficient (Wildman–Crippen LogP) is 3.84. The zero-order valence-corrected chi connectivity index (χ0v) is 25.2. The molecule has 4 aliphatic heterocycles. The van der Waals surface area contributed by atoms with Gasteiger partial charge in [-0.25, -0.2) is 0 Å². The van der Waals surface area contributed by atoms with E-state index in [1.165, 1.54) is 4.90 Å². The highest BCUT2D eigenvalue weighted by molar-refractivity contribution is 6.30. The molecule has 2 fully saturated rings. The summed E-state index contributed by atoms with van der Waals surface area (Å²) in [4.78, 5) is 48.3. The zero-order chi connectivity index (χ0) is 30.5. The summed E-state index contributed by atoms with van der Waals surface area (Å²) in [6.07, 6.45) is 6.65. The van der Waals surface area contributed by atoms with Gasteiger partial charge in [0.15, 0.2) is 0 Å². The molecule has 0 aliphatic carbocycles. The van der Waals surface area contributed by atoms with E-state index in [9.17, 15) is 19.5 Å². The number of ether oxygens (including phenoxy) is 2. The molecule has 43 heavy (non-hydrogen) atoms. The number of benzene rings is 2. The molecule has 3 amide bonds. The number of anilines is 2. The highest BCUT2D eigenvalue weighted by atomic mass is 35.5. The maximum Gasteiger partial charge on any atom is 0.253 e. The maximum atomic E-state index is 14.6. The van der Waals surface area contributed by atoms with Gasteiger partial charge in [0.05, 0.1) is 37.2 Å². The van der Waals surface area contributed by atoms with Crippen LogP contribution >= 0.6 is 11.6 Å². The molecular formula is C33H36ClN3O6. The predicted molar refractivity (Wildman–Crippen MR) is 163 cm³/mol. The Kier molecular flexibility index (Phi) is 7.83. The van der Waals surface area contributed by atoms with Gasteiger partial charge in [-0.3, -0.25) is 14.4 Å². The van der Waals surface area contributed by atoms with Gasteiger partial charge in [0.2, 0.25) is 11.8 Å². The van der Waals surface area contributed by atoms with Crippen molar-refractivity contribution in [1.82, 2.24) is 4.90 Å². The standard InChI is InChI=1S/C33H36ClN3O6/c1-4-42-24-14-12-23(13-15-24)35-17-5-7-26-27(30(35)39)28-31(40)37(25(19-38)20(2)3)29-32(41)36(18-6-16-33(28,29)43-26)22-10-8-21(34)9-11-22/h5-16,20,25-29,38H,4,17-19H2,1-3H3/t25-,26-,27+,28-,29?,33-/m0/s1. The van der Waals surface area contributed by atoms with Crippen LogP contribution in [0.4, 0.5) is 11.4 Å². The molecule has 0 aromatic heterocycles. The van der Waals surface area contributed by atoms with E-state index < -0.39 is 35.6 Å². The van der Waals surface area contributed by atoms with Gasteiger partial charge in [-0.15, -0.1) is 0 Å².